The largest absolute Gasteiger partial charge is 0.497 e. The van der Waals surface area contributed by atoms with Gasteiger partial charge in [-0.25, -0.2) is 0 Å². The van der Waals surface area contributed by atoms with Crippen LogP contribution in [0.25, 0.3) is 10.9 Å². The highest BCUT2D eigenvalue weighted by atomic mass is 16.7. The number of aryl methyl sites for hydroxylation is 1. The summed E-state index contributed by atoms with van der Waals surface area (Å²) in [5.74, 6) is -0.249. The standard InChI is InChI=1S/C17H24BN3O4/c1-7-19-14(22)12-8-10-11(9-21(6)15(23)13(10)20-12)18-24-16(2,3)17(4,5)25-18/h8-9,20H,7H2,1-6H3,(H,19,22). The number of pyridine rings is 1. The second-order valence-electron chi connectivity index (χ2n) is 7.42. The zero-order valence-corrected chi connectivity index (χ0v) is 15.5. The molecule has 2 aromatic rings. The van der Waals surface area contributed by atoms with E-state index >= 15 is 0 Å². The Morgan fingerprint density at radius 3 is 2.44 bits per heavy atom. The van der Waals surface area contributed by atoms with Gasteiger partial charge in [0.25, 0.3) is 11.5 Å². The SMILES string of the molecule is CCNC(=O)c1cc2c(B3OC(C)(C)C(C)(C)O3)cn(C)c(=O)c2[nH]1. The van der Waals surface area contributed by atoms with Crippen LogP contribution in [0.1, 0.15) is 45.1 Å². The van der Waals surface area contributed by atoms with Gasteiger partial charge in [-0.2, -0.15) is 0 Å². The highest BCUT2D eigenvalue weighted by Gasteiger charge is 2.52. The normalized spacial score (nSPS) is 18.7. The van der Waals surface area contributed by atoms with E-state index in [0.29, 0.717) is 23.1 Å². The van der Waals surface area contributed by atoms with E-state index < -0.39 is 18.3 Å². The van der Waals surface area contributed by atoms with Crippen molar-refractivity contribution < 1.29 is 14.1 Å². The number of fused-ring (bicyclic) bond motifs is 1. The summed E-state index contributed by atoms with van der Waals surface area (Å²) in [6.45, 7) is 10.3. The van der Waals surface area contributed by atoms with E-state index in [2.05, 4.69) is 10.3 Å². The monoisotopic (exact) mass is 345 g/mol. The van der Waals surface area contributed by atoms with Crippen molar-refractivity contribution in [2.24, 2.45) is 7.05 Å². The Labute approximate surface area is 146 Å². The predicted molar refractivity (Wildman–Crippen MR) is 97.3 cm³/mol. The molecule has 8 heteroatoms. The lowest BCUT2D eigenvalue weighted by Gasteiger charge is -2.32. The van der Waals surface area contributed by atoms with Crippen molar-refractivity contribution in [2.45, 2.75) is 45.8 Å². The van der Waals surface area contributed by atoms with Gasteiger partial charge in [-0.05, 0) is 40.7 Å². The van der Waals surface area contributed by atoms with E-state index in [1.165, 1.54) is 4.57 Å². The average Bonchev–Trinajstić information content (AvgIpc) is 3.03. The Bertz CT molecular complexity index is 881. The predicted octanol–water partition coefficient (Wildman–Crippen LogP) is 0.915. The molecule has 1 aliphatic heterocycles. The van der Waals surface area contributed by atoms with Crippen LogP contribution in [-0.4, -0.2) is 40.3 Å². The van der Waals surface area contributed by atoms with Crippen LogP contribution in [0.5, 0.6) is 0 Å². The van der Waals surface area contributed by atoms with Gasteiger partial charge in [0.1, 0.15) is 11.2 Å². The summed E-state index contributed by atoms with van der Waals surface area (Å²) < 4.78 is 13.7. The quantitative estimate of drug-likeness (QED) is 0.810. The number of carbonyl (C=O) groups excluding carboxylic acids is 1. The summed E-state index contributed by atoms with van der Waals surface area (Å²) in [6.07, 6.45) is 1.71. The van der Waals surface area contributed by atoms with Crippen molar-refractivity contribution in [3.63, 3.8) is 0 Å². The number of hydrogen-bond donors (Lipinski definition) is 2. The number of rotatable bonds is 3. The Hall–Kier alpha value is -2.06. The third kappa shape index (κ3) is 2.79. The van der Waals surface area contributed by atoms with Gasteiger partial charge >= 0.3 is 7.12 Å². The Morgan fingerprint density at radius 2 is 1.88 bits per heavy atom. The van der Waals surface area contributed by atoms with Crippen LogP contribution in [0.4, 0.5) is 0 Å². The van der Waals surface area contributed by atoms with Crippen LogP contribution in [-0.2, 0) is 16.4 Å². The molecule has 1 saturated heterocycles. The van der Waals surface area contributed by atoms with Gasteiger partial charge in [-0.15, -0.1) is 0 Å². The van der Waals surface area contributed by atoms with Crippen molar-refractivity contribution in [3.05, 3.63) is 28.3 Å². The first kappa shape index (κ1) is 17.8. The van der Waals surface area contributed by atoms with Crippen molar-refractivity contribution in [3.8, 4) is 0 Å². The topological polar surface area (TPSA) is 85.3 Å². The molecule has 0 aromatic carbocycles. The van der Waals surface area contributed by atoms with Gasteiger partial charge in [0.05, 0.1) is 11.2 Å². The molecule has 3 rings (SSSR count). The van der Waals surface area contributed by atoms with Crippen molar-refractivity contribution in [2.75, 3.05) is 6.54 Å². The fraction of sp³-hybridized carbons (Fsp3) is 0.529. The molecule has 0 saturated carbocycles. The van der Waals surface area contributed by atoms with Crippen LogP contribution >= 0.6 is 0 Å². The summed E-state index contributed by atoms with van der Waals surface area (Å²) in [7, 11) is 1.06. The highest BCUT2D eigenvalue weighted by Crippen LogP contribution is 2.36. The van der Waals surface area contributed by atoms with Crippen LogP contribution in [0.2, 0.25) is 0 Å². The highest BCUT2D eigenvalue weighted by molar-refractivity contribution is 6.65. The Morgan fingerprint density at radius 1 is 1.28 bits per heavy atom. The summed E-state index contributed by atoms with van der Waals surface area (Å²) in [6, 6.07) is 1.68. The number of carbonyl (C=O) groups is 1. The molecule has 2 aromatic heterocycles. The molecule has 0 spiro atoms. The zero-order valence-electron chi connectivity index (χ0n) is 15.5. The molecule has 7 nitrogen and oxygen atoms in total. The van der Waals surface area contributed by atoms with Gasteiger partial charge in [0.2, 0.25) is 0 Å². The van der Waals surface area contributed by atoms with Gasteiger partial charge in [0.15, 0.2) is 0 Å². The molecule has 2 N–H and O–H groups in total. The minimum atomic E-state index is -0.614. The number of aromatic amines is 1. The van der Waals surface area contributed by atoms with Crippen LogP contribution in [0.15, 0.2) is 17.1 Å². The van der Waals surface area contributed by atoms with Gasteiger partial charge in [-0.1, -0.05) is 0 Å². The third-order valence-corrected chi connectivity index (χ3v) is 5.08. The molecule has 0 bridgehead atoms. The molecule has 0 radical (unpaired) electrons. The number of nitrogens with one attached hydrogen (secondary N) is 2. The van der Waals surface area contributed by atoms with Gasteiger partial charge in [0, 0.05) is 30.6 Å². The maximum atomic E-state index is 12.5. The lowest BCUT2D eigenvalue weighted by atomic mass is 9.78. The minimum Gasteiger partial charge on any atom is -0.399 e. The summed E-state index contributed by atoms with van der Waals surface area (Å²) in [5, 5.41) is 3.37. The lowest BCUT2D eigenvalue weighted by molar-refractivity contribution is 0.00578. The second-order valence-corrected chi connectivity index (χ2v) is 7.42. The molecule has 0 aliphatic carbocycles. The average molecular weight is 345 g/mol. The molecule has 1 amide bonds. The lowest BCUT2D eigenvalue weighted by Crippen LogP contribution is -2.41. The maximum Gasteiger partial charge on any atom is 0.497 e. The zero-order chi connectivity index (χ0) is 18.6. The van der Waals surface area contributed by atoms with Crippen LogP contribution < -0.4 is 16.3 Å². The molecular formula is C17H24BN3O4. The number of hydrogen-bond acceptors (Lipinski definition) is 4. The first-order valence-electron chi connectivity index (χ1n) is 8.43. The maximum absolute atomic E-state index is 12.5. The van der Waals surface area contributed by atoms with Gasteiger partial charge in [-0.3, -0.25) is 9.59 Å². The molecule has 0 unspecified atom stereocenters. The number of aromatic nitrogens is 2. The molecule has 3 heterocycles. The molecule has 1 fully saturated rings. The smallest absolute Gasteiger partial charge is 0.399 e. The van der Waals surface area contributed by atoms with E-state index in [-0.39, 0.29) is 11.5 Å². The van der Waals surface area contributed by atoms with E-state index in [1.807, 2.05) is 34.6 Å². The van der Waals surface area contributed by atoms with Crippen molar-refractivity contribution >= 4 is 29.4 Å². The fourth-order valence-corrected chi connectivity index (χ4v) is 2.90. The summed E-state index contributed by atoms with van der Waals surface area (Å²) in [4.78, 5) is 27.5. The van der Waals surface area contributed by atoms with E-state index in [4.69, 9.17) is 9.31 Å². The first-order chi connectivity index (χ1) is 11.6. The van der Waals surface area contributed by atoms with E-state index in [9.17, 15) is 9.59 Å². The van der Waals surface area contributed by atoms with Crippen LogP contribution in [0, 0.1) is 0 Å². The Kier molecular flexibility index (Phi) is 4.08. The molecule has 1 aliphatic rings. The van der Waals surface area contributed by atoms with Crippen LogP contribution in [0.3, 0.4) is 0 Å². The first-order valence-corrected chi connectivity index (χ1v) is 8.43. The summed E-state index contributed by atoms with van der Waals surface area (Å²) >= 11 is 0. The van der Waals surface area contributed by atoms with E-state index in [0.717, 1.165) is 5.46 Å². The van der Waals surface area contributed by atoms with Gasteiger partial charge < -0.3 is 24.2 Å². The Balaban J connectivity index is 2.15. The molecular weight excluding hydrogens is 321 g/mol. The number of nitrogens with zero attached hydrogens (tertiary/aromatic N) is 1. The minimum absolute atomic E-state index is 0.203. The van der Waals surface area contributed by atoms with Crippen molar-refractivity contribution in [1.82, 2.24) is 14.9 Å². The molecule has 25 heavy (non-hydrogen) atoms. The molecule has 134 valence electrons. The fourth-order valence-electron chi connectivity index (χ4n) is 2.90. The summed E-state index contributed by atoms with van der Waals surface area (Å²) in [5.41, 5.74) is 0.261. The van der Waals surface area contributed by atoms with Crippen molar-refractivity contribution in [1.29, 1.82) is 0 Å². The number of H-pyrrole nitrogens is 1. The third-order valence-electron chi connectivity index (χ3n) is 5.08. The number of amides is 1. The second kappa shape index (κ2) is 5.74. The molecule has 0 atom stereocenters. The van der Waals surface area contributed by atoms with E-state index in [1.54, 1.807) is 19.3 Å².